The van der Waals surface area contributed by atoms with Gasteiger partial charge in [-0.3, -0.25) is 4.79 Å². The number of rotatable bonds is 4. The van der Waals surface area contributed by atoms with E-state index in [0.717, 1.165) is 42.6 Å². The highest BCUT2D eigenvalue weighted by atomic mass is 16.2. The van der Waals surface area contributed by atoms with Gasteiger partial charge in [0.2, 0.25) is 0 Å². The van der Waals surface area contributed by atoms with Crippen LogP contribution in [0.25, 0.3) is 0 Å². The molecule has 1 aliphatic heterocycles. The molecular formula is C19H28N2O2. The molecule has 0 radical (unpaired) electrons. The number of hydrogen-bond donors (Lipinski definition) is 0. The zero-order chi connectivity index (χ0) is 17.0. The molecule has 1 fully saturated rings. The number of nitrogens with zero attached hydrogens (tertiary/aromatic N) is 2. The zero-order valence-corrected chi connectivity index (χ0v) is 14.8. The molecule has 4 nitrogen and oxygen atoms in total. The van der Waals surface area contributed by atoms with Gasteiger partial charge in [-0.15, -0.1) is 0 Å². The van der Waals surface area contributed by atoms with Crippen LogP contribution >= 0.6 is 0 Å². The molecule has 0 spiro atoms. The molecular weight excluding hydrogens is 288 g/mol. The minimum Gasteiger partial charge on any atom is -0.325 e. The largest absolute Gasteiger partial charge is 0.325 e. The number of aryl methyl sites for hydroxylation is 2. The van der Waals surface area contributed by atoms with E-state index in [1.807, 2.05) is 55.7 Å². The molecule has 0 aliphatic carbocycles. The Morgan fingerprint density at radius 2 is 1.74 bits per heavy atom. The first-order chi connectivity index (χ1) is 11.0. The van der Waals surface area contributed by atoms with Crippen LogP contribution in [0.15, 0.2) is 18.2 Å². The van der Waals surface area contributed by atoms with Gasteiger partial charge in [0.15, 0.2) is 5.78 Å². The molecule has 0 atom stereocenters. The van der Waals surface area contributed by atoms with E-state index in [1.54, 1.807) is 0 Å². The molecule has 1 aliphatic rings. The van der Waals surface area contributed by atoms with Gasteiger partial charge in [-0.2, -0.15) is 0 Å². The van der Waals surface area contributed by atoms with Gasteiger partial charge in [-0.25, -0.2) is 4.79 Å². The summed E-state index contributed by atoms with van der Waals surface area (Å²) in [6.07, 6.45) is 1.53. The standard InChI is InChI=1S/C19H28N2O2/c1-5-20(6-2)19(23)21-11-9-16(10-12-21)18(22)17-13-14(3)7-8-15(17)4/h7-8,13,16H,5-6,9-12H2,1-4H3. The maximum atomic E-state index is 12.8. The van der Waals surface area contributed by atoms with Crippen molar-refractivity contribution in [2.45, 2.75) is 40.5 Å². The second kappa shape index (κ2) is 7.62. The number of carbonyl (C=O) groups excluding carboxylic acids is 2. The lowest BCUT2D eigenvalue weighted by Gasteiger charge is -2.34. The molecule has 1 aromatic rings. The van der Waals surface area contributed by atoms with Gasteiger partial charge in [-0.1, -0.05) is 17.7 Å². The Balaban J connectivity index is 2.00. The number of likely N-dealkylation sites (tertiary alicyclic amines) is 1. The summed E-state index contributed by atoms with van der Waals surface area (Å²) in [5, 5.41) is 0. The van der Waals surface area contributed by atoms with Crippen molar-refractivity contribution in [3.8, 4) is 0 Å². The zero-order valence-electron chi connectivity index (χ0n) is 14.8. The fraction of sp³-hybridized carbons (Fsp3) is 0.579. The molecule has 23 heavy (non-hydrogen) atoms. The lowest BCUT2D eigenvalue weighted by atomic mass is 9.87. The van der Waals surface area contributed by atoms with Crippen LogP contribution in [0.2, 0.25) is 0 Å². The Morgan fingerprint density at radius 1 is 1.13 bits per heavy atom. The van der Waals surface area contributed by atoms with Gasteiger partial charge in [0.1, 0.15) is 0 Å². The van der Waals surface area contributed by atoms with Crippen molar-refractivity contribution >= 4 is 11.8 Å². The lowest BCUT2D eigenvalue weighted by Crippen LogP contribution is -2.47. The molecule has 0 N–H and O–H groups in total. The summed E-state index contributed by atoms with van der Waals surface area (Å²) in [7, 11) is 0. The summed E-state index contributed by atoms with van der Waals surface area (Å²) in [6.45, 7) is 10.8. The van der Waals surface area contributed by atoms with Gasteiger partial charge in [-0.05, 0) is 52.2 Å². The predicted octanol–water partition coefficient (Wildman–Crippen LogP) is 3.66. The molecule has 2 amide bonds. The van der Waals surface area contributed by atoms with Crippen LogP contribution in [0.4, 0.5) is 4.79 Å². The molecule has 126 valence electrons. The minimum atomic E-state index is 0.0382. The Labute approximate surface area is 139 Å². The number of amides is 2. The van der Waals surface area contributed by atoms with E-state index in [2.05, 4.69) is 0 Å². The number of piperidine rings is 1. The second-order valence-electron chi connectivity index (χ2n) is 6.40. The number of hydrogen-bond acceptors (Lipinski definition) is 2. The van der Waals surface area contributed by atoms with Crippen molar-refractivity contribution in [1.82, 2.24) is 9.80 Å². The normalized spacial score (nSPS) is 15.6. The molecule has 1 saturated heterocycles. The molecule has 1 heterocycles. The maximum absolute atomic E-state index is 12.8. The number of carbonyl (C=O) groups is 2. The van der Waals surface area contributed by atoms with Crippen LogP contribution in [0.3, 0.4) is 0 Å². The summed E-state index contributed by atoms with van der Waals surface area (Å²) < 4.78 is 0. The van der Waals surface area contributed by atoms with Crippen molar-refractivity contribution in [2.75, 3.05) is 26.2 Å². The smallest absolute Gasteiger partial charge is 0.319 e. The number of benzene rings is 1. The van der Waals surface area contributed by atoms with Gasteiger partial charge in [0.25, 0.3) is 0 Å². The average molecular weight is 316 g/mol. The van der Waals surface area contributed by atoms with E-state index in [9.17, 15) is 9.59 Å². The van der Waals surface area contributed by atoms with Gasteiger partial charge in [0.05, 0.1) is 0 Å². The summed E-state index contributed by atoms with van der Waals surface area (Å²) >= 11 is 0. The van der Waals surface area contributed by atoms with Gasteiger partial charge >= 0.3 is 6.03 Å². The highest BCUT2D eigenvalue weighted by molar-refractivity contribution is 5.99. The molecule has 0 aromatic heterocycles. The highest BCUT2D eigenvalue weighted by Crippen LogP contribution is 2.24. The van der Waals surface area contributed by atoms with Crippen LogP contribution in [0, 0.1) is 19.8 Å². The van der Waals surface area contributed by atoms with E-state index >= 15 is 0 Å². The molecule has 0 unspecified atom stereocenters. The predicted molar refractivity (Wildman–Crippen MR) is 92.9 cm³/mol. The number of ketones is 1. The molecule has 2 rings (SSSR count). The highest BCUT2D eigenvalue weighted by Gasteiger charge is 2.29. The first-order valence-corrected chi connectivity index (χ1v) is 8.63. The fourth-order valence-electron chi connectivity index (χ4n) is 3.25. The Bertz CT molecular complexity index is 571. The van der Waals surface area contributed by atoms with Crippen LogP contribution in [0.1, 0.15) is 48.2 Å². The Kier molecular flexibility index (Phi) is 5.80. The van der Waals surface area contributed by atoms with Crippen molar-refractivity contribution < 1.29 is 9.59 Å². The summed E-state index contributed by atoms with van der Waals surface area (Å²) in [5.74, 6) is 0.275. The van der Waals surface area contributed by atoms with E-state index in [4.69, 9.17) is 0 Å². The second-order valence-corrected chi connectivity index (χ2v) is 6.40. The van der Waals surface area contributed by atoms with Crippen molar-refractivity contribution in [2.24, 2.45) is 5.92 Å². The molecule has 1 aromatic carbocycles. The third-order valence-corrected chi connectivity index (χ3v) is 4.83. The summed E-state index contributed by atoms with van der Waals surface area (Å²) in [6, 6.07) is 6.15. The van der Waals surface area contributed by atoms with Gasteiger partial charge in [0, 0.05) is 37.7 Å². The Hall–Kier alpha value is -1.84. The lowest BCUT2D eigenvalue weighted by molar-refractivity contribution is 0.0835. The van der Waals surface area contributed by atoms with Crippen LogP contribution in [-0.2, 0) is 0 Å². The van der Waals surface area contributed by atoms with Crippen molar-refractivity contribution in [1.29, 1.82) is 0 Å². The third kappa shape index (κ3) is 3.92. The maximum Gasteiger partial charge on any atom is 0.319 e. The molecule has 4 heteroatoms. The number of urea groups is 1. The Morgan fingerprint density at radius 3 is 2.30 bits per heavy atom. The summed E-state index contributed by atoms with van der Waals surface area (Å²) in [5.41, 5.74) is 3.01. The molecule has 0 bridgehead atoms. The first-order valence-electron chi connectivity index (χ1n) is 8.63. The quantitative estimate of drug-likeness (QED) is 0.795. The van der Waals surface area contributed by atoms with Crippen LogP contribution < -0.4 is 0 Å². The molecule has 0 saturated carbocycles. The van der Waals surface area contributed by atoms with Crippen LogP contribution in [0.5, 0.6) is 0 Å². The van der Waals surface area contributed by atoms with E-state index in [1.165, 1.54) is 0 Å². The van der Waals surface area contributed by atoms with Gasteiger partial charge < -0.3 is 9.80 Å². The minimum absolute atomic E-state index is 0.0382. The van der Waals surface area contributed by atoms with E-state index in [0.29, 0.717) is 13.1 Å². The SMILES string of the molecule is CCN(CC)C(=O)N1CCC(C(=O)c2cc(C)ccc2C)CC1. The summed E-state index contributed by atoms with van der Waals surface area (Å²) in [4.78, 5) is 28.9. The topological polar surface area (TPSA) is 40.6 Å². The number of Topliss-reactive ketones (excluding diaryl/α,β-unsaturated/α-hetero) is 1. The van der Waals surface area contributed by atoms with E-state index < -0.39 is 0 Å². The van der Waals surface area contributed by atoms with Crippen molar-refractivity contribution in [3.63, 3.8) is 0 Å². The van der Waals surface area contributed by atoms with Crippen molar-refractivity contribution in [3.05, 3.63) is 34.9 Å². The first kappa shape index (κ1) is 17.5. The van der Waals surface area contributed by atoms with E-state index in [-0.39, 0.29) is 17.7 Å². The fourth-order valence-corrected chi connectivity index (χ4v) is 3.25. The monoisotopic (exact) mass is 316 g/mol. The average Bonchev–Trinajstić information content (AvgIpc) is 2.57. The third-order valence-electron chi connectivity index (χ3n) is 4.83. The van der Waals surface area contributed by atoms with Crippen LogP contribution in [-0.4, -0.2) is 47.8 Å².